The standard InChI is InChI=1S/C27H29N3O5/c1-5-17(2)20-8-6-7-9-22(20)33-12-13-34-23-11-10-19(16-24(23)32-4)15-21-26(28)30-25(29-27(21)31)14-18(3)35-30/h6-11,14-17,28H,5,12-13H2,1-4H3/b21-15-,28-26?/t17-/m0/s1. The monoisotopic (exact) mass is 475 g/mol. The van der Waals surface area contributed by atoms with E-state index in [1.807, 2.05) is 18.2 Å². The molecule has 2 aliphatic rings. The number of aliphatic imine (C=N–C) groups is 1. The Labute approximate surface area is 204 Å². The number of ether oxygens (including phenoxy) is 3. The summed E-state index contributed by atoms with van der Waals surface area (Å²) in [6.07, 6.45) is 4.24. The van der Waals surface area contributed by atoms with Gasteiger partial charge in [-0.05, 0) is 54.7 Å². The van der Waals surface area contributed by atoms with Gasteiger partial charge in [0.15, 0.2) is 23.2 Å². The SMILES string of the molecule is CC[C@H](C)c1ccccc1OCCOc1ccc(/C=C2/C(=N)N3OC(C)=CC3=NC2=O)cc1OC. The van der Waals surface area contributed by atoms with E-state index in [9.17, 15) is 4.79 Å². The van der Waals surface area contributed by atoms with Crippen LogP contribution in [0.3, 0.4) is 0 Å². The van der Waals surface area contributed by atoms with Crippen molar-refractivity contribution in [2.75, 3.05) is 20.3 Å². The number of carbonyl (C=O) groups is 1. The molecule has 4 rings (SSSR count). The van der Waals surface area contributed by atoms with Crippen LogP contribution in [0.2, 0.25) is 0 Å². The van der Waals surface area contributed by atoms with E-state index in [-0.39, 0.29) is 11.4 Å². The van der Waals surface area contributed by atoms with Crippen LogP contribution >= 0.6 is 0 Å². The third kappa shape index (κ3) is 5.21. The smallest absolute Gasteiger partial charge is 0.282 e. The molecular formula is C27H29N3O5. The first-order valence-electron chi connectivity index (χ1n) is 11.5. The minimum Gasteiger partial charge on any atom is -0.493 e. The van der Waals surface area contributed by atoms with Crippen LogP contribution in [0.25, 0.3) is 6.08 Å². The van der Waals surface area contributed by atoms with Crippen molar-refractivity contribution in [3.05, 3.63) is 71.0 Å². The minimum atomic E-state index is -0.495. The highest BCUT2D eigenvalue weighted by Gasteiger charge is 2.34. The third-order valence-electron chi connectivity index (χ3n) is 5.84. The summed E-state index contributed by atoms with van der Waals surface area (Å²) in [5, 5.41) is 9.58. The summed E-state index contributed by atoms with van der Waals surface area (Å²) in [5.41, 5.74) is 1.99. The van der Waals surface area contributed by atoms with E-state index in [2.05, 4.69) is 24.9 Å². The molecule has 0 aromatic heterocycles. The Bertz CT molecular complexity index is 1230. The summed E-state index contributed by atoms with van der Waals surface area (Å²) in [6, 6.07) is 13.4. The molecule has 1 amide bonds. The van der Waals surface area contributed by atoms with Crippen molar-refractivity contribution in [1.82, 2.24) is 5.06 Å². The number of methoxy groups -OCH3 is 1. The number of allylic oxidation sites excluding steroid dienone is 1. The van der Waals surface area contributed by atoms with Gasteiger partial charge in [0, 0.05) is 6.08 Å². The van der Waals surface area contributed by atoms with Gasteiger partial charge in [0.1, 0.15) is 24.7 Å². The van der Waals surface area contributed by atoms with Crippen LogP contribution < -0.4 is 14.2 Å². The number of hydrogen-bond donors (Lipinski definition) is 1. The second-order valence-corrected chi connectivity index (χ2v) is 8.28. The molecular weight excluding hydrogens is 446 g/mol. The van der Waals surface area contributed by atoms with Crippen molar-refractivity contribution in [2.45, 2.75) is 33.1 Å². The van der Waals surface area contributed by atoms with Crippen molar-refractivity contribution < 1.29 is 23.8 Å². The molecule has 0 saturated heterocycles. The van der Waals surface area contributed by atoms with Crippen LogP contribution in [0, 0.1) is 5.41 Å². The van der Waals surface area contributed by atoms with E-state index >= 15 is 0 Å². The number of hydrogen-bond acceptors (Lipinski definition) is 6. The van der Waals surface area contributed by atoms with Crippen LogP contribution in [0.5, 0.6) is 17.2 Å². The number of hydroxylamine groups is 2. The zero-order chi connectivity index (χ0) is 24.9. The highest BCUT2D eigenvalue weighted by molar-refractivity contribution is 6.32. The number of para-hydroxylation sites is 1. The summed E-state index contributed by atoms with van der Waals surface area (Å²) in [6.45, 7) is 6.81. The lowest BCUT2D eigenvalue weighted by atomic mass is 9.98. The van der Waals surface area contributed by atoms with Gasteiger partial charge in [-0.3, -0.25) is 10.2 Å². The van der Waals surface area contributed by atoms with Gasteiger partial charge < -0.3 is 19.0 Å². The van der Waals surface area contributed by atoms with Crippen molar-refractivity contribution in [3.63, 3.8) is 0 Å². The molecule has 35 heavy (non-hydrogen) atoms. The lowest BCUT2D eigenvalue weighted by Crippen LogP contribution is -2.38. The van der Waals surface area contributed by atoms with Crippen molar-refractivity contribution in [2.24, 2.45) is 4.99 Å². The van der Waals surface area contributed by atoms with E-state index < -0.39 is 5.91 Å². The average molecular weight is 476 g/mol. The highest BCUT2D eigenvalue weighted by Crippen LogP contribution is 2.31. The molecule has 182 valence electrons. The van der Waals surface area contributed by atoms with Crippen molar-refractivity contribution in [3.8, 4) is 17.2 Å². The summed E-state index contributed by atoms with van der Waals surface area (Å²) in [7, 11) is 1.55. The van der Waals surface area contributed by atoms with E-state index in [0.29, 0.717) is 47.8 Å². The Morgan fingerprint density at radius 3 is 2.60 bits per heavy atom. The molecule has 0 unspecified atom stereocenters. The van der Waals surface area contributed by atoms with Gasteiger partial charge >= 0.3 is 0 Å². The molecule has 2 aliphatic heterocycles. The van der Waals surface area contributed by atoms with Gasteiger partial charge in [-0.25, -0.2) is 0 Å². The van der Waals surface area contributed by atoms with Gasteiger partial charge in [0.05, 0.1) is 12.7 Å². The van der Waals surface area contributed by atoms with Crippen molar-refractivity contribution in [1.29, 1.82) is 5.41 Å². The fourth-order valence-electron chi connectivity index (χ4n) is 3.80. The Hall–Kier alpha value is -4.07. The molecule has 8 nitrogen and oxygen atoms in total. The van der Waals surface area contributed by atoms with E-state index in [1.54, 1.807) is 44.4 Å². The molecule has 0 saturated carbocycles. The summed E-state index contributed by atoms with van der Waals surface area (Å²) >= 11 is 0. The Morgan fingerprint density at radius 1 is 1.11 bits per heavy atom. The average Bonchev–Trinajstić information content (AvgIpc) is 3.24. The molecule has 0 bridgehead atoms. The van der Waals surface area contributed by atoms with E-state index in [0.717, 1.165) is 12.2 Å². The number of amidine groups is 2. The maximum Gasteiger partial charge on any atom is 0.282 e. The fourth-order valence-corrected chi connectivity index (χ4v) is 3.80. The van der Waals surface area contributed by atoms with Gasteiger partial charge in [0.25, 0.3) is 5.91 Å². The zero-order valence-electron chi connectivity index (χ0n) is 20.3. The van der Waals surface area contributed by atoms with Gasteiger partial charge in [0.2, 0.25) is 0 Å². The quantitative estimate of drug-likeness (QED) is 0.400. The number of amides is 1. The molecule has 8 heteroatoms. The van der Waals surface area contributed by atoms with Gasteiger partial charge in [-0.15, -0.1) is 5.06 Å². The molecule has 0 spiro atoms. The molecule has 0 radical (unpaired) electrons. The number of fused-ring (bicyclic) bond motifs is 1. The third-order valence-corrected chi connectivity index (χ3v) is 5.84. The lowest BCUT2D eigenvalue weighted by molar-refractivity contribution is -0.114. The number of rotatable bonds is 9. The molecule has 2 heterocycles. The van der Waals surface area contributed by atoms with Crippen LogP contribution in [0.1, 0.15) is 44.2 Å². The molecule has 1 atom stereocenters. The van der Waals surface area contributed by atoms with Crippen LogP contribution in [0.15, 0.2) is 64.9 Å². The second kappa shape index (κ2) is 10.5. The number of carbonyl (C=O) groups excluding carboxylic acids is 1. The second-order valence-electron chi connectivity index (χ2n) is 8.28. The number of nitrogens with zero attached hydrogens (tertiary/aromatic N) is 2. The Balaban J connectivity index is 1.42. The Kier molecular flexibility index (Phi) is 7.19. The lowest BCUT2D eigenvalue weighted by Gasteiger charge is -2.23. The van der Waals surface area contributed by atoms with Gasteiger partial charge in [-0.1, -0.05) is 38.1 Å². The first-order valence-corrected chi connectivity index (χ1v) is 11.5. The normalized spacial score (nSPS) is 16.9. The zero-order valence-corrected chi connectivity index (χ0v) is 20.3. The molecule has 0 aliphatic carbocycles. The van der Waals surface area contributed by atoms with Crippen molar-refractivity contribution >= 4 is 23.7 Å². The predicted octanol–water partition coefficient (Wildman–Crippen LogP) is 5.12. The van der Waals surface area contributed by atoms with E-state index in [4.69, 9.17) is 24.5 Å². The van der Waals surface area contributed by atoms with Gasteiger partial charge in [-0.2, -0.15) is 4.99 Å². The summed E-state index contributed by atoms with van der Waals surface area (Å²) in [5.74, 6) is 2.67. The first kappa shape index (κ1) is 24.1. The van der Waals surface area contributed by atoms with E-state index in [1.165, 1.54) is 10.6 Å². The molecule has 0 fully saturated rings. The predicted molar refractivity (Wildman–Crippen MR) is 134 cm³/mol. The maximum atomic E-state index is 12.5. The van der Waals surface area contributed by atoms with Crippen LogP contribution in [-0.2, 0) is 9.63 Å². The Morgan fingerprint density at radius 2 is 1.86 bits per heavy atom. The first-order chi connectivity index (χ1) is 16.9. The largest absolute Gasteiger partial charge is 0.493 e. The van der Waals surface area contributed by atoms with Crippen LogP contribution in [-0.4, -0.2) is 43.0 Å². The fraction of sp³-hybridized carbons (Fsp3) is 0.296. The molecule has 2 aromatic rings. The topological polar surface area (TPSA) is 93.4 Å². The maximum absolute atomic E-state index is 12.5. The molecule has 2 aromatic carbocycles. The summed E-state index contributed by atoms with van der Waals surface area (Å²) < 4.78 is 17.4. The summed E-state index contributed by atoms with van der Waals surface area (Å²) in [4.78, 5) is 21.9. The molecule has 1 N–H and O–H groups in total. The number of nitrogens with one attached hydrogen (secondary N) is 1. The van der Waals surface area contributed by atoms with Crippen LogP contribution in [0.4, 0.5) is 0 Å². The number of benzene rings is 2. The minimum absolute atomic E-state index is 0.0674. The highest BCUT2D eigenvalue weighted by atomic mass is 16.7.